The molecule has 1 aliphatic carbocycles. The first-order valence-electron chi connectivity index (χ1n) is 9.91. The van der Waals surface area contributed by atoms with E-state index in [1.54, 1.807) is 24.3 Å². The van der Waals surface area contributed by atoms with E-state index in [0.29, 0.717) is 29.8 Å². The van der Waals surface area contributed by atoms with Gasteiger partial charge in [0, 0.05) is 10.0 Å². The topological polar surface area (TPSA) is 62.2 Å². The molecule has 170 valence electrons. The van der Waals surface area contributed by atoms with Crippen LogP contribution in [0.3, 0.4) is 0 Å². The molecule has 4 nitrogen and oxygen atoms in total. The van der Waals surface area contributed by atoms with Crippen molar-refractivity contribution < 1.29 is 57.4 Å². The van der Waals surface area contributed by atoms with Gasteiger partial charge >= 0.3 is 29.6 Å². The summed E-state index contributed by atoms with van der Waals surface area (Å²) in [5.74, 6) is -4.51. The number of ether oxygens (including phenoxy) is 1. The molecular weight excluding hydrogens is 546 g/mol. The Hall–Kier alpha value is -1.84. The number of rotatable bonds is 6. The summed E-state index contributed by atoms with van der Waals surface area (Å²) >= 11 is 9.34. The van der Waals surface area contributed by atoms with Crippen molar-refractivity contribution in [3.05, 3.63) is 91.9 Å². The van der Waals surface area contributed by atoms with E-state index in [1.807, 2.05) is 0 Å². The first kappa shape index (κ1) is 26.8. The van der Waals surface area contributed by atoms with Gasteiger partial charge in [0.05, 0.1) is 22.2 Å². The first-order valence-corrected chi connectivity index (χ1v) is 11.1. The Bertz CT molecular complexity index is 1300. The summed E-state index contributed by atoms with van der Waals surface area (Å²) in [5, 5.41) is 11.3. The second kappa shape index (κ2) is 11.3. The van der Waals surface area contributed by atoms with E-state index in [0.717, 1.165) is 34.2 Å². The van der Waals surface area contributed by atoms with Crippen LogP contribution < -0.4 is 39.4 Å². The Balaban J connectivity index is 0.00000324. The third-order valence-corrected chi connectivity index (χ3v) is 6.14. The van der Waals surface area contributed by atoms with Crippen molar-refractivity contribution in [3.63, 3.8) is 0 Å². The molecular formula is C24H15BrClF3NNaO3. The fourth-order valence-electron chi connectivity index (χ4n) is 3.79. The number of carbonyl (C=O) groups is 1. The minimum absolute atomic E-state index is 0. The van der Waals surface area contributed by atoms with Gasteiger partial charge in [0.2, 0.25) is 0 Å². The summed E-state index contributed by atoms with van der Waals surface area (Å²) in [6, 6.07) is 9.79. The number of carboxylic acids is 1. The molecule has 0 radical (unpaired) electrons. The molecule has 0 saturated carbocycles. The van der Waals surface area contributed by atoms with Crippen LogP contribution in [0.2, 0.25) is 5.02 Å². The van der Waals surface area contributed by atoms with Crippen LogP contribution in [0.4, 0.5) is 13.2 Å². The summed E-state index contributed by atoms with van der Waals surface area (Å²) in [4.78, 5) is 15.5. The normalized spacial score (nSPS) is 13.1. The molecule has 0 bridgehead atoms. The maximum absolute atomic E-state index is 14.1. The van der Waals surface area contributed by atoms with Crippen LogP contribution in [-0.4, -0.2) is 11.0 Å². The Morgan fingerprint density at radius 3 is 2.50 bits per heavy atom. The molecule has 1 heterocycles. The summed E-state index contributed by atoms with van der Waals surface area (Å²) in [6.45, 7) is -0.513. The monoisotopic (exact) mass is 559 g/mol. The van der Waals surface area contributed by atoms with E-state index in [2.05, 4.69) is 20.9 Å². The summed E-state index contributed by atoms with van der Waals surface area (Å²) in [7, 11) is 0. The van der Waals surface area contributed by atoms with Crippen molar-refractivity contribution in [2.24, 2.45) is 0 Å². The van der Waals surface area contributed by atoms with Gasteiger partial charge in [0.1, 0.15) is 23.9 Å². The van der Waals surface area contributed by atoms with E-state index >= 15 is 0 Å². The molecule has 0 fully saturated rings. The van der Waals surface area contributed by atoms with Crippen LogP contribution in [0, 0.1) is 17.5 Å². The molecule has 0 aliphatic heterocycles. The van der Waals surface area contributed by atoms with Gasteiger partial charge < -0.3 is 14.6 Å². The predicted octanol–water partition coefficient (Wildman–Crippen LogP) is 2.96. The molecule has 1 aromatic heterocycles. The van der Waals surface area contributed by atoms with Gasteiger partial charge in [-0.2, -0.15) is 0 Å². The Kier molecular flexibility index (Phi) is 8.87. The average molecular weight is 561 g/mol. The summed E-state index contributed by atoms with van der Waals surface area (Å²) in [5.41, 5.74) is 1.89. The van der Waals surface area contributed by atoms with Gasteiger partial charge in [-0.1, -0.05) is 27.5 Å². The minimum atomic E-state index is -1.48. The van der Waals surface area contributed by atoms with Crippen LogP contribution in [0.5, 0.6) is 5.75 Å². The van der Waals surface area contributed by atoms with Gasteiger partial charge in [-0.15, -0.1) is 0 Å². The zero-order valence-electron chi connectivity index (χ0n) is 17.9. The van der Waals surface area contributed by atoms with Crippen LogP contribution in [0.15, 0.2) is 46.9 Å². The van der Waals surface area contributed by atoms with Gasteiger partial charge in [0.15, 0.2) is 11.6 Å². The summed E-state index contributed by atoms with van der Waals surface area (Å²) < 4.78 is 48.1. The number of hydrogen-bond donors (Lipinski definition) is 0. The number of aromatic nitrogens is 1. The third kappa shape index (κ3) is 5.52. The van der Waals surface area contributed by atoms with Gasteiger partial charge in [-0.3, -0.25) is 0 Å². The van der Waals surface area contributed by atoms with Crippen LogP contribution in [0.1, 0.15) is 46.6 Å². The molecule has 2 aromatic carbocycles. The molecule has 0 unspecified atom stereocenters. The van der Waals surface area contributed by atoms with Crippen molar-refractivity contribution >= 4 is 44.6 Å². The van der Waals surface area contributed by atoms with Crippen molar-refractivity contribution in [2.75, 3.05) is 0 Å². The van der Waals surface area contributed by atoms with E-state index in [9.17, 15) is 23.1 Å². The molecule has 0 spiro atoms. The van der Waals surface area contributed by atoms with Crippen molar-refractivity contribution in [2.45, 2.75) is 25.9 Å². The molecule has 10 heteroatoms. The van der Waals surface area contributed by atoms with Gasteiger partial charge in [-0.25, -0.2) is 18.2 Å². The number of aromatic carboxylic acids is 1. The number of benzene rings is 2. The number of nitrogens with zero attached hydrogens (tertiary/aromatic N) is 1. The molecule has 34 heavy (non-hydrogen) atoms. The maximum Gasteiger partial charge on any atom is 1.00 e. The number of halogens is 5. The van der Waals surface area contributed by atoms with Crippen LogP contribution >= 0.6 is 27.5 Å². The molecule has 1 aliphatic rings. The second-order valence-corrected chi connectivity index (χ2v) is 8.70. The number of allylic oxidation sites excluding steroid dienone is 2. The molecule has 0 atom stereocenters. The van der Waals surface area contributed by atoms with Gasteiger partial charge in [0.25, 0.3) is 0 Å². The fourth-order valence-corrected chi connectivity index (χ4v) is 4.34. The predicted molar refractivity (Wildman–Crippen MR) is 119 cm³/mol. The zero-order valence-corrected chi connectivity index (χ0v) is 22.3. The maximum atomic E-state index is 14.1. The van der Waals surface area contributed by atoms with E-state index in [-0.39, 0.29) is 40.3 Å². The van der Waals surface area contributed by atoms with E-state index in [4.69, 9.17) is 16.3 Å². The Morgan fingerprint density at radius 2 is 1.76 bits per heavy atom. The van der Waals surface area contributed by atoms with E-state index in [1.165, 1.54) is 6.07 Å². The largest absolute Gasteiger partial charge is 1.00 e. The number of carboxylic acid groups (broad SMARTS) is 1. The first-order chi connectivity index (χ1) is 15.8. The quantitative estimate of drug-likeness (QED) is 0.344. The molecule has 0 N–H and O–H groups in total. The smallest absolute Gasteiger partial charge is 0.543 e. The minimum Gasteiger partial charge on any atom is -0.543 e. The zero-order chi connectivity index (χ0) is 23.7. The SMILES string of the molecule is O=C([O-])c1nc(C2=C(c3cc(Br)ccc3OCc3c(F)ccc(F)c3F)CCC2)ccc1Cl.[Na+]. The van der Waals surface area contributed by atoms with Crippen molar-refractivity contribution in [3.8, 4) is 5.75 Å². The van der Waals surface area contributed by atoms with Crippen molar-refractivity contribution in [1.29, 1.82) is 0 Å². The molecule has 3 aromatic rings. The van der Waals surface area contributed by atoms with Gasteiger partial charge in [-0.05, 0) is 72.9 Å². The second-order valence-electron chi connectivity index (χ2n) is 7.38. The fraction of sp³-hybridized carbons (Fsp3) is 0.167. The Morgan fingerprint density at radius 1 is 1.06 bits per heavy atom. The average Bonchev–Trinajstić information content (AvgIpc) is 3.27. The van der Waals surface area contributed by atoms with Crippen LogP contribution in [-0.2, 0) is 6.61 Å². The van der Waals surface area contributed by atoms with E-state index < -0.39 is 35.6 Å². The van der Waals surface area contributed by atoms with Crippen molar-refractivity contribution in [1.82, 2.24) is 4.98 Å². The summed E-state index contributed by atoms with van der Waals surface area (Å²) in [6.07, 6.45) is 2.07. The third-order valence-electron chi connectivity index (χ3n) is 5.34. The Labute approximate surface area is 229 Å². The molecule has 0 saturated heterocycles. The standard InChI is InChI=1S/C24H16BrClF3NO3.Na/c25-12-4-9-21(33-11-16-18(27)6-7-19(28)22(16)29)15(10-12)13-2-1-3-14(13)20-8-5-17(26)23(30-20)24(31)32;/h4-10H,1-3,11H2,(H,31,32);/q;+1/p-1. The molecule has 4 rings (SSSR count). The number of carbonyl (C=O) groups excluding carboxylic acids is 1. The molecule has 0 amide bonds. The van der Waals surface area contributed by atoms with Crippen LogP contribution in [0.25, 0.3) is 11.1 Å². The number of hydrogen-bond acceptors (Lipinski definition) is 4. The number of pyridine rings is 1.